The minimum absolute atomic E-state index is 0.0288. The molecule has 0 saturated carbocycles. The monoisotopic (exact) mass is 327 g/mol. The fourth-order valence-electron chi connectivity index (χ4n) is 2.56. The molecule has 1 amide bonds. The van der Waals surface area contributed by atoms with Gasteiger partial charge < -0.3 is 14.8 Å². The lowest BCUT2D eigenvalue weighted by Gasteiger charge is -2.21. The summed E-state index contributed by atoms with van der Waals surface area (Å²) < 4.78 is 11.1. The zero-order valence-electron chi connectivity index (χ0n) is 13.7. The smallest absolute Gasteiger partial charge is 0.224 e. The second-order valence-electron chi connectivity index (χ2n) is 5.81. The first-order valence-corrected chi connectivity index (χ1v) is 8.12. The number of aromatic nitrogens is 2. The van der Waals surface area contributed by atoms with E-state index in [4.69, 9.17) is 9.47 Å². The lowest BCUT2D eigenvalue weighted by atomic mass is 9.99. The van der Waals surface area contributed by atoms with Gasteiger partial charge in [0, 0.05) is 43.1 Å². The third-order valence-electron chi connectivity index (χ3n) is 3.99. The molecule has 1 saturated heterocycles. The predicted molar refractivity (Wildman–Crippen MR) is 88.7 cm³/mol. The van der Waals surface area contributed by atoms with Crippen molar-refractivity contribution in [3.63, 3.8) is 0 Å². The number of aryl methyl sites for hydroxylation is 1. The van der Waals surface area contributed by atoms with Gasteiger partial charge in [-0.2, -0.15) is 0 Å². The lowest BCUT2D eigenvalue weighted by molar-refractivity contribution is -0.128. The average molecular weight is 327 g/mol. The van der Waals surface area contributed by atoms with Gasteiger partial charge in [-0.25, -0.2) is 4.98 Å². The third kappa shape index (κ3) is 4.29. The van der Waals surface area contributed by atoms with Gasteiger partial charge in [-0.1, -0.05) is 6.07 Å². The minimum atomic E-state index is 0.0288. The standard InChI is InChI=1S/C18H21N3O3/c1-13-4-5-16(12-20-13)24-18-15(3-2-8-19-18)11-21-17(22)14-6-9-23-10-7-14/h2-5,8,12,14H,6-7,9-11H2,1H3,(H,21,22). The van der Waals surface area contributed by atoms with Gasteiger partial charge in [0.2, 0.25) is 11.8 Å². The maximum absolute atomic E-state index is 12.2. The second-order valence-corrected chi connectivity index (χ2v) is 5.81. The molecular formula is C18H21N3O3. The van der Waals surface area contributed by atoms with Crippen LogP contribution in [0.3, 0.4) is 0 Å². The molecule has 1 N–H and O–H groups in total. The molecular weight excluding hydrogens is 306 g/mol. The molecule has 0 atom stereocenters. The van der Waals surface area contributed by atoms with Gasteiger partial charge in [-0.15, -0.1) is 0 Å². The number of carbonyl (C=O) groups excluding carboxylic acids is 1. The van der Waals surface area contributed by atoms with E-state index < -0.39 is 0 Å². The van der Waals surface area contributed by atoms with Gasteiger partial charge in [0.1, 0.15) is 5.75 Å². The number of carbonyl (C=O) groups is 1. The second kappa shape index (κ2) is 7.88. The third-order valence-corrected chi connectivity index (χ3v) is 3.99. The molecule has 2 aromatic heterocycles. The minimum Gasteiger partial charge on any atom is -0.437 e. The SMILES string of the molecule is Cc1ccc(Oc2ncccc2CNC(=O)C2CCOCC2)cn1. The van der Waals surface area contributed by atoms with Crippen LogP contribution in [0, 0.1) is 12.8 Å². The molecule has 3 heterocycles. The molecule has 6 heteroatoms. The number of hydrogen-bond donors (Lipinski definition) is 1. The van der Waals surface area contributed by atoms with Crippen molar-refractivity contribution in [2.24, 2.45) is 5.92 Å². The van der Waals surface area contributed by atoms with Crippen LogP contribution in [0.4, 0.5) is 0 Å². The highest BCUT2D eigenvalue weighted by Crippen LogP contribution is 2.22. The van der Waals surface area contributed by atoms with E-state index in [-0.39, 0.29) is 11.8 Å². The van der Waals surface area contributed by atoms with Crippen LogP contribution in [0.2, 0.25) is 0 Å². The molecule has 0 spiro atoms. The Balaban J connectivity index is 1.63. The Kier molecular flexibility index (Phi) is 5.38. The van der Waals surface area contributed by atoms with E-state index in [1.165, 1.54) is 0 Å². The average Bonchev–Trinajstić information content (AvgIpc) is 2.63. The van der Waals surface area contributed by atoms with E-state index >= 15 is 0 Å². The zero-order chi connectivity index (χ0) is 16.8. The van der Waals surface area contributed by atoms with Crippen LogP contribution in [0.1, 0.15) is 24.1 Å². The highest BCUT2D eigenvalue weighted by molar-refractivity contribution is 5.78. The summed E-state index contributed by atoms with van der Waals surface area (Å²) in [7, 11) is 0. The lowest BCUT2D eigenvalue weighted by Crippen LogP contribution is -2.33. The molecule has 24 heavy (non-hydrogen) atoms. The topological polar surface area (TPSA) is 73.3 Å². The first-order chi connectivity index (χ1) is 11.7. The molecule has 0 unspecified atom stereocenters. The molecule has 6 nitrogen and oxygen atoms in total. The highest BCUT2D eigenvalue weighted by Gasteiger charge is 2.21. The summed E-state index contributed by atoms with van der Waals surface area (Å²) in [4.78, 5) is 20.7. The molecule has 0 aliphatic carbocycles. The van der Waals surface area contributed by atoms with E-state index in [0.29, 0.717) is 31.4 Å². The Morgan fingerprint density at radius 1 is 1.29 bits per heavy atom. The van der Waals surface area contributed by atoms with Crippen molar-refractivity contribution >= 4 is 5.91 Å². The first kappa shape index (κ1) is 16.4. The van der Waals surface area contributed by atoms with Gasteiger partial charge in [0.25, 0.3) is 0 Å². The molecule has 2 aromatic rings. The van der Waals surface area contributed by atoms with Crippen LogP contribution in [0.25, 0.3) is 0 Å². The first-order valence-electron chi connectivity index (χ1n) is 8.12. The fraction of sp³-hybridized carbons (Fsp3) is 0.389. The molecule has 0 bridgehead atoms. The van der Waals surface area contributed by atoms with Crippen molar-refractivity contribution < 1.29 is 14.3 Å². The molecule has 1 fully saturated rings. The maximum Gasteiger partial charge on any atom is 0.224 e. The van der Waals surface area contributed by atoms with Crippen molar-refractivity contribution in [1.29, 1.82) is 0 Å². The van der Waals surface area contributed by atoms with Gasteiger partial charge in [-0.05, 0) is 38.0 Å². The van der Waals surface area contributed by atoms with Crippen LogP contribution in [-0.2, 0) is 16.1 Å². The van der Waals surface area contributed by atoms with Crippen LogP contribution in [0.5, 0.6) is 11.6 Å². The van der Waals surface area contributed by atoms with Gasteiger partial charge in [0.15, 0.2) is 0 Å². The molecule has 1 aliphatic rings. The van der Waals surface area contributed by atoms with E-state index in [1.807, 2.05) is 31.2 Å². The van der Waals surface area contributed by atoms with E-state index in [9.17, 15) is 4.79 Å². The number of amides is 1. The summed E-state index contributed by atoms with van der Waals surface area (Å²) in [5.41, 5.74) is 1.76. The van der Waals surface area contributed by atoms with E-state index in [0.717, 1.165) is 24.1 Å². The van der Waals surface area contributed by atoms with Gasteiger partial charge in [-0.3, -0.25) is 9.78 Å². The quantitative estimate of drug-likeness (QED) is 0.914. The van der Waals surface area contributed by atoms with Crippen LogP contribution >= 0.6 is 0 Å². The largest absolute Gasteiger partial charge is 0.437 e. The molecule has 0 radical (unpaired) electrons. The van der Waals surface area contributed by atoms with Gasteiger partial charge >= 0.3 is 0 Å². The van der Waals surface area contributed by atoms with Crippen molar-refractivity contribution in [3.8, 4) is 11.6 Å². The normalized spacial score (nSPS) is 15.0. The molecule has 1 aliphatic heterocycles. The summed E-state index contributed by atoms with van der Waals surface area (Å²) in [6.07, 6.45) is 4.88. The molecule has 0 aromatic carbocycles. The maximum atomic E-state index is 12.2. The number of nitrogens with one attached hydrogen (secondary N) is 1. The van der Waals surface area contributed by atoms with E-state index in [1.54, 1.807) is 12.4 Å². The Bertz CT molecular complexity index is 682. The zero-order valence-corrected chi connectivity index (χ0v) is 13.7. The van der Waals surface area contributed by atoms with Crippen molar-refractivity contribution in [2.45, 2.75) is 26.3 Å². The number of nitrogens with zero attached hydrogens (tertiary/aromatic N) is 2. The number of ether oxygens (including phenoxy) is 2. The van der Waals surface area contributed by atoms with Gasteiger partial charge in [0.05, 0.1) is 6.20 Å². The summed E-state index contributed by atoms with van der Waals surface area (Å²) in [6, 6.07) is 7.46. The van der Waals surface area contributed by atoms with Crippen LogP contribution < -0.4 is 10.1 Å². The fourth-order valence-corrected chi connectivity index (χ4v) is 2.56. The Labute approximate surface area is 141 Å². The van der Waals surface area contributed by atoms with Crippen molar-refractivity contribution in [2.75, 3.05) is 13.2 Å². The summed E-state index contributed by atoms with van der Waals surface area (Å²) >= 11 is 0. The molecule has 3 rings (SSSR count). The molecule has 126 valence electrons. The van der Waals surface area contributed by atoms with Crippen molar-refractivity contribution in [3.05, 3.63) is 47.9 Å². The summed E-state index contributed by atoms with van der Waals surface area (Å²) in [5, 5.41) is 2.97. The summed E-state index contributed by atoms with van der Waals surface area (Å²) in [6.45, 7) is 3.61. The summed E-state index contributed by atoms with van der Waals surface area (Å²) in [5.74, 6) is 1.19. The number of pyridine rings is 2. The predicted octanol–water partition coefficient (Wildman–Crippen LogP) is 2.62. The number of rotatable bonds is 5. The Morgan fingerprint density at radius 2 is 2.12 bits per heavy atom. The highest BCUT2D eigenvalue weighted by atomic mass is 16.5. The number of hydrogen-bond acceptors (Lipinski definition) is 5. The van der Waals surface area contributed by atoms with Crippen LogP contribution in [-0.4, -0.2) is 29.1 Å². The van der Waals surface area contributed by atoms with E-state index in [2.05, 4.69) is 15.3 Å². The Hall–Kier alpha value is -2.47. The van der Waals surface area contributed by atoms with Crippen LogP contribution in [0.15, 0.2) is 36.7 Å². The Morgan fingerprint density at radius 3 is 2.88 bits per heavy atom. The van der Waals surface area contributed by atoms with Crippen molar-refractivity contribution in [1.82, 2.24) is 15.3 Å².